The minimum Gasteiger partial charge on any atom is -0.465 e. The Hall–Kier alpha value is -3.73. The largest absolute Gasteiger partial charge is 0.465 e. The summed E-state index contributed by atoms with van der Waals surface area (Å²) >= 11 is 0. The molecule has 0 saturated heterocycles. The molecular weight excluding hydrogens is 334 g/mol. The lowest BCUT2D eigenvalue weighted by molar-refractivity contribution is 0.185. The topological polar surface area (TPSA) is 114 Å². The number of pyridine rings is 2. The van der Waals surface area contributed by atoms with E-state index < -0.39 is 12.1 Å². The molecule has 26 heavy (non-hydrogen) atoms. The summed E-state index contributed by atoms with van der Waals surface area (Å²) in [5.74, 6) is 6.42. The van der Waals surface area contributed by atoms with E-state index in [-0.39, 0.29) is 11.7 Å². The Labute approximate surface area is 149 Å². The van der Waals surface area contributed by atoms with Crippen molar-refractivity contribution in [1.82, 2.24) is 25.4 Å². The van der Waals surface area contributed by atoms with E-state index in [1.807, 2.05) is 25.1 Å². The van der Waals surface area contributed by atoms with Crippen molar-refractivity contribution >= 4 is 6.09 Å². The van der Waals surface area contributed by atoms with Gasteiger partial charge in [-0.3, -0.25) is 4.98 Å². The number of nitrogens with zero attached hydrogens (tertiary/aromatic N) is 4. The second kappa shape index (κ2) is 7.90. The van der Waals surface area contributed by atoms with Crippen LogP contribution in [0, 0.1) is 11.8 Å². The predicted octanol–water partition coefficient (Wildman–Crippen LogP) is 2.65. The van der Waals surface area contributed by atoms with Gasteiger partial charge in [-0.2, -0.15) is 4.98 Å². The molecule has 0 aliphatic heterocycles. The fourth-order valence-electron chi connectivity index (χ4n) is 2.14. The van der Waals surface area contributed by atoms with Gasteiger partial charge >= 0.3 is 6.09 Å². The van der Waals surface area contributed by atoms with Crippen molar-refractivity contribution in [3.8, 4) is 23.4 Å². The second-order valence-corrected chi connectivity index (χ2v) is 5.26. The van der Waals surface area contributed by atoms with E-state index in [2.05, 4.69) is 37.3 Å². The molecule has 1 atom stereocenters. The highest BCUT2D eigenvalue weighted by Gasteiger charge is 2.20. The van der Waals surface area contributed by atoms with E-state index >= 15 is 0 Å². The van der Waals surface area contributed by atoms with Crippen LogP contribution in [0.2, 0.25) is 0 Å². The summed E-state index contributed by atoms with van der Waals surface area (Å²) in [5, 5.41) is 15.0. The summed E-state index contributed by atoms with van der Waals surface area (Å²) in [6, 6.07) is 8.48. The molecule has 3 aromatic rings. The maximum absolute atomic E-state index is 10.8. The summed E-state index contributed by atoms with van der Waals surface area (Å²) in [7, 11) is 0. The average Bonchev–Trinajstić information content (AvgIpc) is 3.15. The summed E-state index contributed by atoms with van der Waals surface area (Å²) in [6.07, 6.45) is 2.63. The van der Waals surface area contributed by atoms with E-state index in [4.69, 9.17) is 9.63 Å². The van der Waals surface area contributed by atoms with Gasteiger partial charge in [0, 0.05) is 18.0 Å². The number of amides is 1. The minimum atomic E-state index is -1.15. The van der Waals surface area contributed by atoms with Crippen molar-refractivity contribution < 1.29 is 14.4 Å². The molecule has 8 nitrogen and oxygen atoms in total. The summed E-state index contributed by atoms with van der Waals surface area (Å²) in [6.45, 7) is 1.82. The quantitative estimate of drug-likeness (QED) is 0.696. The number of hydrogen-bond donors (Lipinski definition) is 2. The smallest absolute Gasteiger partial charge is 0.405 e. The number of hydrogen-bond acceptors (Lipinski definition) is 6. The van der Waals surface area contributed by atoms with Crippen molar-refractivity contribution in [1.29, 1.82) is 0 Å². The molecule has 0 saturated carbocycles. The van der Waals surface area contributed by atoms with Crippen LogP contribution in [0.25, 0.3) is 11.5 Å². The lowest BCUT2D eigenvalue weighted by Crippen LogP contribution is -2.26. The first-order valence-electron chi connectivity index (χ1n) is 7.88. The number of aromatic nitrogens is 4. The van der Waals surface area contributed by atoms with E-state index in [9.17, 15) is 4.79 Å². The molecule has 3 aromatic heterocycles. The first-order chi connectivity index (χ1) is 12.7. The Bertz CT molecular complexity index is 942. The van der Waals surface area contributed by atoms with Crippen LogP contribution in [0.15, 0.2) is 47.2 Å². The highest BCUT2D eigenvalue weighted by atomic mass is 16.5. The standard InChI is InChI=1S/C18H15N5O3/c1-2-14(21-18(24)25)17-22-16(23-26-17)15-9-7-12(11-20-15)6-8-13-5-3-4-10-19-13/h3-5,7,9-11,14,21H,2H2,1H3,(H,24,25). The first kappa shape index (κ1) is 17.1. The molecule has 0 aromatic carbocycles. The van der Waals surface area contributed by atoms with Gasteiger partial charge in [0.25, 0.3) is 0 Å². The first-order valence-corrected chi connectivity index (χ1v) is 7.88. The van der Waals surface area contributed by atoms with Crippen LogP contribution >= 0.6 is 0 Å². The van der Waals surface area contributed by atoms with Gasteiger partial charge in [-0.1, -0.05) is 24.1 Å². The maximum Gasteiger partial charge on any atom is 0.405 e. The fraction of sp³-hybridized carbons (Fsp3) is 0.167. The Morgan fingerprint density at radius 2 is 2.15 bits per heavy atom. The monoisotopic (exact) mass is 349 g/mol. The number of nitrogens with one attached hydrogen (secondary N) is 1. The zero-order valence-electron chi connectivity index (χ0n) is 13.9. The Kier molecular flexibility index (Phi) is 5.19. The van der Waals surface area contributed by atoms with E-state index in [1.54, 1.807) is 24.5 Å². The van der Waals surface area contributed by atoms with Crippen molar-refractivity contribution in [2.45, 2.75) is 19.4 Å². The molecule has 3 heterocycles. The molecule has 0 bridgehead atoms. The summed E-state index contributed by atoms with van der Waals surface area (Å²) in [5.41, 5.74) is 1.91. The van der Waals surface area contributed by atoms with Gasteiger partial charge in [0.15, 0.2) is 0 Å². The lowest BCUT2D eigenvalue weighted by atomic mass is 10.2. The highest BCUT2D eigenvalue weighted by molar-refractivity contribution is 5.65. The van der Waals surface area contributed by atoms with Crippen LogP contribution in [0.3, 0.4) is 0 Å². The van der Waals surface area contributed by atoms with Crippen molar-refractivity contribution in [3.05, 3.63) is 59.9 Å². The zero-order valence-corrected chi connectivity index (χ0v) is 13.9. The minimum absolute atomic E-state index is 0.200. The van der Waals surface area contributed by atoms with Crippen molar-refractivity contribution in [3.63, 3.8) is 0 Å². The normalized spacial score (nSPS) is 11.3. The Morgan fingerprint density at radius 1 is 1.27 bits per heavy atom. The van der Waals surface area contributed by atoms with Gasteiger partial charge in [-0.25, -0.2) is 9.78 Å². The number of carbonyl (C=O) groups is 1. The van der Waals surface area contributed by atoms with Crippen LogP contribution in [-0.4, -0.2) is 31.3 Å². The van der Waals surface area contributed by atoms with Crippen LogP contribution in [0.1, 0.15) is 36.5 Å². The fourth-order valence-corrected chi connectivity index (χ4v) is 2.14. The van der Waals surface area contributed by atoms with Crippen LogP contribution in [0.5, 0.6) is 0 Å². The predicted molar refractivity (Wildman–Crippen MR) is 91.9 cm³/mol. The summed E-state index contributed by atoms with van der Waals surface area (Å²) < 4.78 is 5.15. The SMILES string of the molecule is CCC(NC(=O)O)c1nc(-c2ccc(C#Cc3ccccn3)cn2)no1. The average molecular weight is 349 g/mol. The molecule has 0 aliphatic carbocycles. The Balaban J connectivity index is 1.75. The van der Waals surface area contributed by atoms with E-state index in [1.165, 1.54) is 0 Å². The van der Waals surface area contributed by atoms with Gasteiger partial charge in [0.1, 0.15) is 17.4 Å². The van der Waals surface area contributed by atoms with Crippen LogP contribution < -0.4 is 5.32 Å². The van der Waals surface area contributed by atoms with Gasteiger partial charge < -0.3 is 14.9 Å². The van der Waals surface area contributed by atoms with Crippen molar-refractivity contribution in [2.75, 3.05) is 0 Å². The molecule has 130 valence electrons. The van der Waals surface area contributed by atoms with Gasteiger partial charge in [0.05, 0.1) is 0 Å². The summed E-state index contributed by atoms with van der Waals surface area (Å²) in [4.78, 5) is 23.4. The second-order valence-electron chi connectivity index (χ2n) is 5.26. The van der Waals surface area contributed by atoms with Gasteiger partial charge in [0.2, 0.25) is 11.7 Å². The zero-order chi connectivity index (χ0) is 18.4. The molecule has 2 N–H and O–H groups in total. The Morgan fingerprint density at radius 3 is 2.81 bits per heavy atom. The van der Waals surface area contributed by atoms with Gasteiger partial charge in [-0.15, -0.1) is 0 Å². The molecule has 0 radical (unpaired) electrons. The molecule has 8 heteroatoms. The third kappa shape index (κ3) is 4.21. The third-order valence-corrected chi connectivity index (χ3v) is 3.44. The molecule has 0 spiro atoms. The molecule has 0 aliphatic rings. The van der Waals surface area contributed by atoms with E-state index in [0.29, 0.717) is 17.8 Å². The molecule has 3 rings (SSSR count). The molecular formula is C18H15N5O3. The lowest BCUT2D eigenvalue weighted by Gasteiger charge is -2.08. The van der Waals surface area contributed by atoms with Crippen LogP contribution in [-0.2, 0) is 0 Å². The number of rotatable bonds is 4. The highest BCUT2D eigenvalue weighted by Crippen LogP contribution is 2.19. The van der Waals surface area contributed by atoms with Crippen molar-refractivity contribution in [2.24, 2.45) is 0 Å². The third-order valence-electron chi connectivity index (χ3n) is 3.44. The molecule has 1 amide bonds. The van der Waals surface area contributed by atoms with Crippen LogP contribution in [0.4, 0.5) is 4.79 Å². The van der Waals surface area contributed by atoms with E-state index in [0.717, 1.165) is 5.56 Å². The number of carboxylic acid groups (broad SMARTS) is 1. The molecule has 1 unspecified atom stereocenters. The van der Waals surface area contributed by atoms with Gasteiger partial charge in [-0.05, 0) is 36.6 Å². The maximum atomic E-state index is 10.8. The molecule has 0 fully saturated rings.